The highest BCUT2D eigenvalue weighted by molar-refractivity contribution is 6.32. The summed E-state index contributed by atoms with van der Waals surface area (Å²) in [5.74, 6) is -1.51. The Hall–Kier alpha value is -3.46. The van der Waals surface area contributed by atoms with Crippen molar-refractivity contribution in [2.45, 2.75) is 18.9 Å². The van der Waals surface area contributed by atoms with Crippen LogP contribution in [0.15, 0.2) is 48.5 Å². The van der Waals surface area contributed by atoms with Gasteiger partial charge < -0.3 is 5.32 Å². The molecule has 2 aromatic rings. The van der Waals surface area contributed by atoms with E-state index in [0.717, 1.165) is 6.07 Å². The Balaban J connectivity index is 1.88. The van der Waals surface area contributed by atoms with Crippen molar-refractivity contribution in [2.24, 2.45) is 0 Å². The number of hydrazine groups is 1. The number of carbonyl (C=O) groups excluding carboxylic acids is 3. The highest BCUT2D eigenvalue weighted by atomic mass is 35.5. The van der Waals surface area contributed by atoms with Crippen LogP contribution in [0, 0.1) is 10.1 Å². The predicted octanol–water partition coefficient (Wildman–Crippen LogP) is 2.75. The van der Waals surface area contributed by atoms with Crippen molar-refractivity contribution >= 4 is 35.1 Å². The number of benzene rings is 2. The van der Waals surface area contributed by atoms with E-state index in [1.165, 1.54) is 12.1 Å². The Morgan fingerprint density at radius 1 is 1.25 bits per heavy atom. The highest BCUT2D eigenvalue weighted by Gasteiger charge is 2.52. The van der Waals surface area contributed by atoms with Crippen LogP contribution in [0.1, 0.15) is 29.3 Å². The summed E-state index contributed by atoms with van der Waals surface area (Å²) in [6.07, 6.45) is 0.264. The molecule has 10 heteroatoms. The second-order valence-electron chi connectivity index (χ2n) is 6.06. The van der Waals surface area contributed by atoms with Gasteiger partial charge in [-0.25, -0.2) is 4.79 Å². The second-order valence-corrected chi connectivity index (χ2v) is 6.47. The molecule has 1 heterocycles. The Bertz CT molecular complexity index is 981. The number of rotatable bonds is 5. The number of carbonyl (C=O) groups is 3. The van der Waals surface area contributed by atoms with Crippen LogP contribution in [0.4, 0.5) is 10.5 Å². The summed E-state index contributed by atoms with van der Waals surface area (Å²) >= 11 is 5.73. The summed E-state index contributed by atoms with van der Waals surface area (Å²) in [5.41, 5.74) is 0.897. The Kier molecular flexibility index (Phi) is 5.02. The van der Waals surface area contributed by atoms with Crippen LogP contribution in [0.2, 0.25) is 5.02 Å². The van der Waals surface area contributed by atoms with Crippen molar-refractivity contribution in [3.8, 4) is 0 Å². The summed E-state index contributed by atoms with van der Waals surface area (Å²) < 4.78 is 0. The van der Waals surface area contributed by atoms with Crippen molar-refractivity contribution in [2.75, 3.05) is 0 Å². The first kappa shape index (κ1) is 19.3. The van der Waals surface area contributed by atoms with Crippen molar-refractivity contribution in [3.63, 3.8) is 0 Å². The minimum atomic E-state index is -1.31. The topological polar surface area (TPSA) is 122 Å². The molecule has 2 N–H and O–H groups in total. The van der Waals surface area contributed by atoms with E-state index in [9.17, 15) is 24.5 Å². The second kappa shape index (κ2) is 7.28. The lowest BCUT2D eigenvalue weighted by Gasteiger charge is -2.25. The van der Waals surface area contributed by atoms with E-state index in [2.05, 4.69) is 10.7 Å². The van der Waals surface area contributed by atoms with E-state index in [0.29, 0.717) is 10.6 Å². The van der Waals surface area contributed by atoms with Gasteiger partial charge in [-0.2, -0.15) is 5.01 Å². The van der Waals surface area contributed by atoms with E-state index in [-0.39, 0.29) is 17.0 Å². The van der Waals surface area contributed by atoms with E-state index in [4.69, 9.17) is 11.6 Å². The van der Waals surface area contributed by atoms with Gasteiger partial charge in [-0.3, -0.25) is 25.1 Å². The molecular weight excluding hydrogens is 388 g/mol. The van der Waals surface area contributed by atoms with Crippen LogP contribution < -0.4 is 10.7 Å². The third kappa shape index (κ3) is 3.16. The van der Waals surface area contributed by atoms with Gasteiger partial charge in [-0.05, 0) is 24.1 Å². The van der Waals surface area contributed by atoms with Crippen molar-refractivity contribution < 1.29 is 19.3 Å². The Labute approximate surface area is 164 Å². The normalized spacial score (nSPS) is 18.7. The van der Waals surface area contributed by atoms with Crippen LogP contribution in [0.5, 0.6) is 0 Å². The molecule has 4 amide bonds. The zero-order valence-electron chi connectivity index (χ0n) is 14.6. The largest absolute Gasteiger partial charge is 0.344 e. The zero-order valence-corrected chi connectivity index (χ0v) is 15.4. The fourth-order valence-corrected chi connectivity index (χ4v) is 3.19. The fourth-order valence-electron chi connectivity index (χ4n) is 3.00. The minimum absolute atomic E-state index is 0.120. The first-order chi connectivity index (χ1) is 13.3. The summed E-state index contributed by atoms with van der Waals surface area (Å²) in [4.78, 5) is 48.1. The molecule has 0 unspecified atom stereocenters. The number of amides is 4. The molecule has 0 saturated carbocycles. The molecule has 28 heavy (non-hydrogen) atoms. The molecule has 0 radical (unpaired) electrons. The quantitative estimate of drug-likeness (QED) is 0.452. The molecule has 0 spiro atoms. The van der Waals surface area contributed by atoms with Crippen LogP contribution in [-0.4, -0.2) is 27.8 Å². The van der Waals surface area contributed by atoms with Crippen LogP contribution in [0.25, 0.3) is 0 Å². The molecule has 0 aliphatic carbocycles. The summed E-state index contributed by atoms with van der Waals surface area (Å²) in [6.45, 7) is 1.74. The average Bonchev–Trinajstić information content (AvgIpc) is 2.93. The lowest BCUT2D eigenvalue weighted by Crippen LogP contribution is -2.48. The highest BCUT2D eigenvalue weighted by Crippen LogP contribution is 2.32. The zero-order chi connectivity index (χ0) is 20.5. The Morgan fingerprint density at radius 2 is 1.93 bits per heavy atom. The maximum atomic E-state index is 13.0. The van der Waals surface area contributed by atoms with Crippen molar-refractivity contribution in [1.29, 1.82) is 0 Å². The average molecular weight is 403 g/mol. The van der Waals surface area contributed by atoms with Gasteiger partial charge in [0, 0.05) is 11.6 Å². The molecule has 1 fully saturated rings. The maximum absolute atomic E-state index is 13.0. The number of hydrogen-bond donors (Lipinski definition) is 2. The monoisotopic (exact) mass is 402 g/mol. The lowest BCUT2D eigenvalue weighted by molar-refractivity contribution is -0.384. The number of nitro groups is 1. The van der Waals surface area contributed by atoms with E-state index < -0.39 is 34.0 Å². The molecule has 1 atom stereocenters. The van der Waals surface area contributed by atoms with E-state index in [1.807, 2.05) is 0 Å². The molecule has 1 aliphatic heterocycles. The van der Waals surface area contributed by atoms with Gasteiger partial charge in [0.15, 0.2) is 0 Å². The number of nitrogens with one attached hydrogen (secondary N) is 2. The predicted molar refractivity (Wildman–Crippen MR) is 99.4 cm³/mol. The number of imide groups is 1. The van der Waals surface area contributed by atoms with Gasteiger partial charge in [0.25, 0.3) is 17.5 Å². The molecule has 0 bridgehead atoms. The standard InChI is InChI=1S/C18H15ClN4O5/c1-2-18(12-6-4-3-5-7-12)16(25)22(17(26)20-18)21-15(24)11-8-9-13(19)14(10-11)23(27)28/h3-10H,2H2,1H3,(H,20,26)(H,21,24)/t18-/m0/s1. The van der Waals surface area contributed by atoms with Gasteiger partial charge in [0.1, 0.15) is 10.6 Å². The van der Waals surface area contributed by atoms with Gasteiger partial charge in [-0.1, -0.05) is 48.9 Å². The van der Waals surface area contributed by atoms with Crippen LogP contribution in [-0.2, 0) is 10.3 Å². The number of halogens is 1. The van der Waals surface area contributed by atoms with Crippen LogP contribution >= 0.6 is 11.6 Å². The van der Waals surface area contributed by atoms with Gasteiger partial charge in [0.2, 0.25) is 0 Å². The Morgan fingerprint density at radius 3 is 2.54 bits per heavy atom. The molecule has 2 aromatic carbocycles. The van der Waals surface area contributed by atoms with E-state index >= 15 is 0 Å². The first-order valence-electron chi connectivity index (χ1n) is 8.27. The van der Waals surface area contributed by atoms with E-state index in [1.54, 1.807) is 37.3 Å². The van der Waals surface area contributed by atoms with Gasteiger partial charge in [-0.15, -0.1) is 0 Å². The first-order valence-corrected chi connectivity index (χ1v) is 8.65. The minimum Gasteiger partial charge on any atom is -0.318 e. The molecule has 0 aromatic heterocycles. The van der Waals surface area contributed by atoms with Crippen molar-refractivity contribution in [1.82, 2.24) is 15.8 Å². The third-order valence-corrected chi connectivity index (χ3v) is 4.83. The van der Waals surface area contributed by atoms with Gasteiger partial charge in [0.05, 0.1) is 4.92 Å². The van der Waals surface area contributed by atoms with Crippen molar-refractivity contribution in [3.05, 3.63) is 74.8 Å². The smallest absolute Gasteiger partial charge is 0.318 e. The molecule has 1 saturated heterocycles. The summed E-state index contributed by atoms with van der Waals surface area (Å²) in [6, 6.07) is 11.3. The molecule has 1 aliphatic rings. The SMILES string of the molecule is CC[C@@]1(c2ccccc2)NC(=O)N(NC(=O)c2ccc(Cl)c([N+](=O)[O-])c2)C1=O. The fraction of sp³-hybridized carbons (Fsp3) is 0.167. The number of hydrogen-bond acceptors (Lipinski definition) is 5. The number of nitro benzene ring substituents is 1. The summed E-state index contributed by atoms with van der Waals surface area (Å²) in [7, 11) is 0. The number of nitrogens with zero attached hydrogens (tertiary/aromatic N) is 2. The summed E-state index contributed by atoms with van der Waals surface area (Å²) in [5, 5.41) is 14.1. The third-order valence-electron chi connectivity index (χ3n) is 4.51. The molecule has 9 nitrogen and oxygen atoms in total. The maximum Gasteiger partial charge on any atom is 0.344 e. The lowest BCUT2D eigenvalue weighted by atomic mass is 9.87. The molecule has 144 valence electrons. The van der Waals surface area contributed by atoms with Crippen LogP contribution in [0.3, 0.4) is 0 Å². The molecule has 3 rings (SSSR count). The van der Waals surface area contributed by atoms with Gasteiger partial charge >= 0.3 is 6.03 Å². The number of urea groups is 1. The molecular formula is C18H15ClN4O5.